The van der Waals surface area contributed by atoms with E-state index in [0.29, 0.717) is 17.9 Å². The summed E-state index contributed by atoms with van der Waals surface area (Å²) in [5, 5.41) is 0. The molecule has 0 atom stereocenters. The van der Waals surface area contributed by atoms with Gasteiger partial charge in [-0.2, -0.15) is 0 Å². The van der Waals surface area contributed by atoms with Crippen molar-refractivity contribution in [3.8, 4) is 5.75 Å². The minimum Gasteiger partial charge on any atom is -0.491 e. The molecule has 0 saturated heterocycles. The molecule has 5 nitrogen and oxygen atoms in total. The lowest BCUT2D eigenvalue weighted by Crippen LogP contribution is -2.31. The Kier molecular flexibility index (Phi) is 6.18. The summed E-state index contributed by atoms with van der Waals surface area (Å²) in [6.45, 7) is 7.59. The Morgan fingerprint density at radius 3 is 2.61 bits per heavy atom. The van der Waals surface area contributed by atoms with Crippen LogP contribution in [0.2, 0.25) is 0 Å². The smallest absolute Gasteiger partial charge is 0.268 e. The van der Waals surface area contributed by atoms with Crippen molar-refractivity contribution in [2.24, 2.45) is 5.84 Å². The fraction of sp³-hybridized carbons (Fsp3) is 0.462. The molecule has 1 aromatic rings. The lowest BCUT2D eigenvalue weighted by Gasteiger charge is -2.18. The zero-order valence-electron chi connectivity index (χ0n) is 11.0. The summed E-state index contributed by atoms with van der Waals surface area (Å²) >= 11 is 0. The lowest BCUT2D eigenvalue weighted by molar-refractivity contribution is 0.0949. The number of carbonyl (C=O) groups is 1. The summed E-state index contributed by atoms with van der Waals surface area (Å²) in [6, 6.07) is 7.07. The maximum absolute atomic E-state index is 11.5. The number of nitrogens with one attached hydrogen (secondary N) is 1. The van der Waals surface area contributed by atoms with Gasteiger partial charge in [0, 0.05) is 6.54 Å². The summed E-state index contributed by atoms with van der Waals surface area (Å²) in [5.74, 6) is 5.35. The highest BCUT2D eigenvalue weighted by atomic mass is 16.5. The monoisotopic (exact) mass is 251 g/mol. The Bertz CT molecular complexity index is 378. The van der Waals surface area contributed by atoms with E-state index in [1.54, 1.807) is 18.2 Å². The molecule has 0 fully saturated rings. The highest BCUT2D eigenvalue weighted by Crippen LogP contribution is 2.17. The van der Waals surface area contributed by atoms with E-state index in [0.717, 1.165) is 19.6 Å². The predicted molar refractivity (Wildman–Crippen MR) is 71.4 cm³/mol. The average molecular weight is 251 g/mol. The van der Waals surface area contributed by atoms with Crippen LogP contribution in [-0.4, -0.2) is 37.0 Å². The predicted octanol–water partition coefficient (Wildman–Crippen LogP) is 1.01. The summed E-state index contributed by atoms with van der Waals surface area (Å²) in [4.78, 5) is 13.8. The first-order valence-electron chi connectivity index (χ1n) is 6.18. The van der Waals surface area contributed by atoms with E-state index in [9.17, 15) is 4.79 Å². The minimum atomic E-state index is -0.339. The maximum Gasteiger partial charge on any atom is 0.268 e. The molecule has 0 heterocycles. The Labute approximate surface area is 108 Å². The number of hydrogen-bond acceptors (Lipinski definition) is 4. The van der Waals surface area contributed by atoms with Crippen LogP contribution in [0, 0.1) is 0 Å². The molecule has 3 N–H and O–H groups in total. The molecule has 1 aromatic carbocycles. The van der Waals surface area contributed by atoms with Gasteiger partial charge in [-0.05, 0) is 25.2 Å². The Hall–Kier alpha value is -1.59. The van der Waals surface area contributed by atoms with E-state index in [-0.39, 0.29) is 5.91 Å². The molecule has 0 radical (unpaired) electrons. The minimum absolute atomic E-state index is 0.339. The van der Waals surface area contributed by atoms with Gasteiger partial charge in [0.15, 0.2) is 0 Å². The van der Waals surface area contributed by atoms with Crippen molar-refractivity contribution in [2.45, 2.75) is 13.8 Å². The molecule has 0 aromatic heterocycles. The number of ether oxygens (including phenoxy) is 1. The van der Waals surface area contributed by atoms with E-state index in [1.807, 2.05) is 6.07 Å². The van der Waals surface area contributed by atoms with E-state index in [1.165, 1.54) is 0 Å². The highest BCUT2D eigenvalue weighted by Gasteiger charge is 2.10. The summed E-state index contributed by atoms with van der Waals surface area (Å²) in [7, 11) is 0. The number of nitrogen functional groups attached to an aromatic ring is 1. The first-order valence-corrected chi connectivity index (χ1v) is 6.18. The van der Waals surface area contributed by atoms with Gasteiger partial charge in [0.05, 0.1) is 5.56 Å². The molecule has 100 valence electrons. The number of para-hydroxylation sites is 1. The van der Waals surface area contributed by atoms with Gasteiger partial charge in [0.1, 0.15) is 12.4 Å². The molecule has 1 rings (SSSR count). The van der Waals surface area contributed by atoms with Crippen LogP contribution in [0.1, 0.15) is 24.2 Å². The van der Waals surface area contributed by atoms with Crippen molar-refractivity contribution < 1.29 is 9.53 Å². The second-order valence-corrected chi connectivity index (χ2v) is 3.84. The molecule has 0 bridgehead atoms. The van der Waals surface area contributed by atoms with E-state index in [4.69, 9.17) is 10.6 Å². The maximum atomic E-state index is 11.5. The van der Waals surface area contributed by atoms with Crippen LogP contribution in [0.25, 0.3) is 0 Å². The van der Waals surface area contributed by atoms with Crippen LogP contribution in [0.4, 0.5) is 0 Å². The number of nitrogens with two attached hydrogens (primary N) is 1. The van der Waals surface area contributed by atoms with Gasteiger partial charge < -0.3 is 9.64 Å². The van der Waals surface area contributed by atoms with Gasteiger partial charge in [-0.25, -0.2) is 5.84 Å². The Morgan fingerprint density at radius 1 is 1.33 bits per heavy atom. The van der Waals surface area contributed by atoms with Gasteiger partial charge in [0.25, 0.3) is 5.91 Å². The first kappa shape index (κ1) is 14.5. The van der Waals surface area contributed by atoms with Crippen LogP contribution < -0.4 is 16.0 Å². The second-order valence-electron chi connectivity index (χ2n) is 3.84. The Morgan fingerprint density at radius 2 is 2.00 bits per heavy atom. The number of rotatable bonds is 7. The van der Waals surface area contributed by atoms with Crippen molar-refractivity contribution in [1.82, 2.24) is 10.3 Å². The zero-order valence-corrected chi connectivity index (χ0v) is 11.0. The summed E-state index contributed by atoms with van der Waals surface area (Å²) < 4.78 is 5.64. The van der Waals surface area contributed by atoms with Gasteiger partial charge in [0.2, 0.25) is 0 Å². The molecule has 5 heteroatoms. The summed E-state index contributed by atoms with van der Waals surface area (Å²) in [5.41, 5.74) is 2.57. The zero-order chi connectivity index (χ0) is 13.4. The van der Waals surface area contributed by atoms with Crippen LogP contribution in [0.3, 0.4) is 0 Å². The SMILES string of the molecule is CCN(CC)CCOc1ccccc1C(=O)NN. The van der Waals surface area contributed by atoms with Crippen molar-refractivity contribution in [3.05, 3.63) is 29.8 Å². The first-order chi connectivity index (χ1) is 8.72. The van der Waals surface area contributed by atoms with E-state index in [2.05, 4.69) is 24.2 Å². The standard InChI is InChI=1S/C13H21N3O2/c1-3-16(4-2)9-10-18-12-8-6-5-7-11(12)13(17)15-14/h5-8H,3-4,9-10,14H2,1-2H3,(H,15,17). The van der Waals surface area contributed by atoms with Crippen molar-refractivity contribution in [1.29, 1.82) is 0 Å². The molecule has 0 aliphatic heterocycles. The molecular formula is C13H21N3O2. The van der Waals surface area contributed by atoms with Crippen molar-refractivity contribution >= 4 is 5.91 Å². The molecule has 0 unspecified atom stereocenters. The largest absolute Gasteiger partial charge is 0.491 e. The number of nitrogens with zero attached hydrogens (tertiary/aromatic N) is 1. The number of benzene rings is 1. The summed E-state index contributed by atoms with van der Waals surface area (Å²) in [6.07, 6.45) is 0. The third-order valence-corrected chi connectivity index (χ3v) is 2.82. The van der Waals surface area contributed by atoms with Crippen LogP contribution in [0.15, 0.2) is 24.3 Å². The number of carbonyl (C=O) groups excluding carboxylic acids is 1. The lowest BCUT2D eigenvalue weighted by atomic mass is 10.2. The molecule has 0 aliphatic rings. The fourth-order valence-electron chi connectivity index (χ4n) is 1.68. The van der Waals surface area contributed by atoms with Gasteiger partial charge >= 0.3 is 0 Å². The molecular weight excluding hydrogens is 230 g/mol. The highest BCUT2D eigenvalue weighted by molar-refractivity contribution is 5.96. The van der Waals surface area contributed by atoms with Crippen LogP contribution in [-0.2, 0) is 0 Å². The molecule has 1 amide bonds. The third-order valence-electron chi connectivity index (χ3n) is 2.82. The number of hydrogen-bond donors (Lipinski definition) is 2. The number of likely N-dealkylation sites (N-methyl/N-ethyl adjacent to an activating group) is 1. The van der Waals surface area contributed by atoms with Gasteiger partial charge in [-0.15, -0.1) is 0 Å². The van der Waals surface area contributed by atoms with Crippen LogP contribution >= 0.6 is 0 Å². The fourth-order valence-corrected chi connectivity index (χ4v) is 1.68. The van der Waals surface area contributed by atoms with Crippen molar-refractivity contribution in [3.63, 3.8) is 0 Å². The van der Waals surface area contributed by atoms with E-state index < -0.39 is 0 Å². The molecule has 0 spiro atoms. The van der Waals surface area contributed by atoms with Gasteiger partial charge in [-0.3, -0.25) is 10.2 Å². The average Bonchev–Trinajstić information content (AvgIpc) is 2.43. The number of hydrazine groups is 1. The molecule has 0 saturated carbocycles. The topological polar surface area (TPSA) is 67.6 Å². The molecule has 18 heavy (non-hydrogen) atoms. The van der Waals surface area contributed by atoms with Crippen molar-refractivity contribution in [2.75, 3.05) is 26.2 Å². The van der Waals surface area contributed by atoms with E-state index >= 15 is 0 Å². The van der Waals surface area contributed by atoms with Gasteiger partial charge in [-0.1, -0.05) is 26.0 Å². The Balaban J connectivity index is 2.59. The second kappa shape index (κ2) is 7.68. The van der Waals surface area contributed by atoms with Crippen LogP contribution in [0.5, 0.6) is 5.75 Å². The normalized spacial score (nSPS) is 10.4. The third kappa shape index (κ3) is 4.01. The molecule has 0 aliphatic carbocycles. The quantitative estimate of drug-likeness (QED) is 0.431. The number of amides is 1.